The molecule has 4 heterocycles. The molecular formula is C28H34N4O6. The van der Waals surface area contributed by atoms with Crippen LogP contribution in [-0.4, -0.2) is 63.8 Å². The predicted octanol–water partition coefficient (Wildman–Crippen LogP) is 3.02. The Morgan fingerprint density at radius 2 is 2.03 bits per heavy atom. The normalized spacial score (nSPS) is 21.5. The number of fused-ring (bicyclic) bond motifs is 1. The summed E-state index contributed by atoms with van der Waals surface area (Å²) in [6.07, 6.45) is 5.51. The molecule has 3 aliphatic rings. The highest BCUT2D eigenvalue weighted by molar-refractivity contribution is 6.05. The average Bonchev–Trinajstić information content (AvgIpc) is 3.47. The van der Waals surface area contributed by atoms with Crippen molar-refractivity contribution in [3.63, 3.8) is 0 Å². The maximum atomic E-state index is 13.7. The van der Waals surface area contributed by atoms with Gasteiger partial charge >= 0.3 is 0 Å². The Balaban J connectivity index is 1.27. The zero-order valence-corrected chi connectivity index (χ0v) is 22.0. The van der Waals surface area contributed by atoms with E-state index in [1.165, 1.54) is 4.90 Å². The highest BCUT2D eigenvalue weighted by Crippen LogP contribution is 2.31. The fourth-order valence-corrected chi connectivity index (χ4v) is 5.66. The van der Waals surface area contributed by atoms with Crippen LogP contribution in [0.5, 0.6) is 5.75 Å². The highest BCUT2D eigenvalue weighted by Gasteiger charge is 2.39. The lowest BCUT2D eigenvalue weighted by Crippen LogP contribution is -2.52. The molecule has 5 rings (SSSR count). The number of carbonyl (C=O) groups excluding carboxylic acids is 4. The van der Waals surface area contributed by atoms with E-state index < -0.39 is 11.9 Å². The summed E-state index contributed by atoms with van der Waals surface area (Å²) >= 11 is 0. The molecule has 0 saturated carbocycles. The SMILES string of the molecule is CCCc1onc(CC)c1C(=O)N1CCCC[C@@H]1COc1ccc2c(c1)CN(C1CCC(=O)NC1=O)C2=O. The van der Waals surface area contributed by atoms with E-state index in [4.69, 9.17) is 9.26 Å². The monoisotopic (exact) mass is 522 g/mol. The van der Waals surface area contributed by atoms with Crippen molar-refractivity contribution in [3.8, 4) is 5.75 Å². The summed E-state index contributed by atoms with van der Waals surface area (Å²) in [6, 6.07) is 4.59. The van der Waals surface area contributed by atoms with Gasteiger partial charge in [0.15, 0.2) is 0 Å². The van der Waals surface area contributed by atoms with Gasteiger partial charge in [-0.2, -0.15) is 0 Å². The molecule has 10 heteroatoms. The Labute approximate surface area is 221 Å². The van der Waals surface area contributed by atoms with Gasteiger partial charge in [-0.1, -0.05) is 19.0 Å². The summed E-state index contributed by atoms with van der Waals surface area (Å²) in [5.41, 5.74) is 2.63. The summed E-state index contributed by atoms with van der Waals surface area (Å²) in [7, 11) is 0. The lowest BCUT2D eigenvalue weighted by atomic mass is 9.99. The van der Waals surface area contributed by atoms with Crippen molar-refractivity contribution in [2.75, 3.05) is 13.2 Å². The number of rotatable bonds is 8. The number of nitrogens with one attached hydrogen (secondary N) is 1. The van der Waals surface area contributed by atoms with E-state index in [1.54, 1.807) is 12.1 Å². The number of amides is 4. The second-order valence-corrected chi connectivity index (χ2v) is 10.2. The van der Waals surface area contributed by atoms with E-state index in [2.05, 4.69) is 10.5 Å². The summed E-state index contributed by atoms with van der Waals surface area (Å²) in [6.45, 7) is 5.31. The van der Waals surface area contributed by atoms with Crippen LogP contribution < -0.4 is 10.1 Å². The molecular weight excluding hydrogens is 488 g/mol. The number of likely N-dealkylation sites (tertiary alicyclic amines) is 1. The van der Waals surface area contributed by atoms with Crippen molar-refractivity contribution in [1.82, 2.24) is 20.3 Å². The molecule has 4 amide bonds. The van der Waals surface area contributed by atoms with Gasteiger partial charge in [-0.3, -0.25) is 24.5 Å². The molecule has 2 fully saturated rings. The minimum atomic E-state index is -0.651. The smallest absolute Gasteiger partial charge is 0.259 e. The maximum Gasteiger partial charge on any atom is 0.259 e. The second-order valence-electron chi connectivity index (χ2n) is 10.2. The second kappa shape index (κ2) is 11.0. The maximum absolute atomic E-state index is 13.7. The zero-order valence-electron chi connectivity index (χ0n) is 22.0. The summed E-state index contributed by atoms with van der Waals surface area (Å²) < 4.78 is 11.7. The zero-order chi connectivity index (χ0) is 26.8. The van der Waals surface area contributed by atoms with Gasteiger partial charge in [0.2, 0.25) is 11.8 Å². The van der Waals surface area contributed by atoms with Crippen LogP contribution in [-0.2, 0) is 29.0 Å². The Kier molecular flexibility index (Phi) is 7.49. The van der Waals surface area contributed by atoms with Crippen molar-refractivity contribution >= 4 is 23.6 Å². The van der Waals surface area contributed by atoms with Gasteiger partial charge in [0.25, 0.3) is 11.8 Å². The molecule has 1 unspecified atom stereocenters. The standard InChI is InChI=1S/C28H34N4O6/c1-3-7-23-25(21(4-2)30-38-23)28(36)31-13-6-5-8-18(31)16-37-19-9-10-20-17(14-19)15-32(27(20)35)22-11-12-24(33)29-26(22)34/h9-10,14,18,22H,3-8,11-13,15-16H2,1-2H3,(H,29,33,34)/t18-,22?/m1/s1. The third-order valence-electron chi connectivity index (χ3n) is 7.68. The molecule has 1 aromatic heterocycles. The highest BCUT2D eigenvalue weighted by atomic mass is 16.5. The molecule has 2 saturated heterocycles. The predicted molar refractivity (Wildman–Crippen MR) is 137 cm³/mol. The van der Waals surface area contributed by atoms with Crippen LogP contribution in [0.25, 0.3) is 0 Å². The molecule has 38 heavy (non-hydrogen) atoms. The molecule has 1 aromatic carbocycles. The van der Waals surface area contributed by atoms with Gasteiger partial charge < -0.3 is 19.1 Å². The number of benzene rings is 1. The fraction of sp³-hybridized carbons (Fsp3) is 0.536. The minimum absolute atomic E-state index is 0.0423. The van der Waals surface area contributed by atoms with Gasteiger partial charge in [-0.25, -0.2) is 0 Å². The first kappa shape index (κ1) is 25.9. The van der Waals surface area contributed by atoms with Gasteiger partial charge in [-0.15, -0.1) is 0 Å². The number of nitrogens with zero attached hydrogens (tertiary/aromatic N) is 3. The third-order valence-corrected chi connectivity index (χ3v) is 7.68. The Bertz CT molecular complexity index is 1250. The topological polar surface area (TPSA) is 122 Å². The summed E-state index contributed by atoms with van der Waals surface area (Å²) in [5.74, 6) is 0.279. The largest absolute Gasteiger partial charge is 0.491 e. The van der Waals surface area contributed by atoms with E-state index >= 15 is 0 Å². The van der Waals surface area contributed by atoms with E-state index in [9.17, 15) is 19.2 Å². The van der Waals surface area contributed by atoms with Gasteiger partial charge in [0.1, 0.15) is 29.7 Å². The molecule has 2 aromatic rings. The number of hydrogen-bond acceptors (Lipinski definition) is 7. The van der Waals surface area contributed by atoms with Crippen LogP contribution in [0.3, 0.4) is 0 Å². The van der Waals surface area contributed by atoms with E-state index in [1.807, 2.05) is 24.8 Å². The Morgan fingerprint density at radius 1 is 1.18 bits per heavy atom. The van der Waals surface area contributed by atoms with Crippen LogP contribution in [0.1, 0.15) is 90.1 Å². The number of aromatic nitrogens is 1. The number of piperidine rings is 2. The first-order chi connectivity index (χ1) is 18.4. The van der Waals surface area contributed by atoms with Crippen molar-refractivity contribution in [2.45, 2.75) is 83.8 Å². The van der Waals surface area contributed by atoms with Crippen LogP contribution in [0, 0.1) is 0 Å². The lowest BCUT2D eigenvalue weighted by molar-refractivity contribution is -0.136. The molecule has 0 spiro atoms. The summed E-state index contributed by atoms with van der Waals surface area (Å²) in [5, 5.41) is 6.47. The molecule has 0 aliphatic carbocycles. The Hall–Kier alpha value is -3.69. The first-order valence-electron chi connectivity index (χ1n) is 13.6. The molecule has 3 aliphatic heterocycles. The van der Waals surface area contributed by atoms with Gasteiger partial charge in [0, 0.05) is 31.5 Å². The molecule has 1 N–H and O–H groups in total. The van der Waals surface area contributed by atoms with Crippen molar-refractivity contribution in [1.29, 1.82) is 0 Å². The number of ether oxygens (including phenoxy) is 1. The molecule has 2 atom stereocenters. The van der Waals surface area contributed by atoms with Crippen LogP contribution in [0.4, 0.5) is 0 Å². The molecule has 202 valence electrons. The number of imide groups is 1. The number of carbonyl (C=O) groups is 4. The fourth-order valence-electron chi connectivity index (χ4n) is 5.66. The van der Waals surface area contributed by atoms with Crippen LogP contribution in [0.2, 0.25) is 0 Å². The summed E-state index contributed by atoms with van der Waals surface area (Å²) in [4.78, 5) is 53.9. The van der Waals surface area contributed by atoms with Gasteiger partial charge in [-0.05, 0) is 62.3 Å². The van der Waals surface area contributed by atoms with E-state index in [0.717, 1.165) is 31.2 Å². The van der Waals surface area contributed by atoms with E-state index in [-0.39, 0.29) is 30.2 Å². The molecule has 0 bridgehead atoms. The number of aryl methyl sites for hydroxylation is 2. The third kappa shape index (κ3) is 4.91. The van der Waals surface area contributed by atoms with Crippen LogP contribution in [0.15, 0.2) is 22.7 Å². The molecule has 10 nitrogen and oxygen atoms in total. The quantitative estimate of drug-likeness (QED) is 0.529. The van der Waals surface area contributed by atoms with Crippen molar-refractivity contribution in [3.05, 3.63) is 46.3 Å². The average molecular weight is 523 g/mol. The lowest BCUT2D eigenvalue weighted by Gasteiger charge is -2.35. The van der Waals surface area contributed by atoms with Crippen molar-refractivity contribution < 1.29 is 28.4 Å². The minimum Gasteiger partial charge on any atom is -0.491 e. The first-order valence-corrected chi connectivity index (χ1v) is 13.6. The number of hydrogen-bond donors (Lipinski definition) is 1. The Morgan fingerprint density at radius 3 is 2.79 bits per heavy atom. The molecule has 0 radical (unpaired) electrons. The van der Waals surface area contributed by atoms with Gasteiger partial charge in [0.05, 0.1) is 11.7 Å². The van der Waals surface area contributed by atoms with Crippen molar-refractivity contribution in [2.24, 2.45) is 0 Å². The van der Waals surface area contributed by atoms with E-state index in [0.29, 0.717) is 67.3 Å². The van der Waals surface area contributed by atoms with Crippen LogP contribution >= 0.6 is 0 Å².